The van der Waals surface area contributed by atoms with Crippen molar-refractivity contribution in [2.45, 2.75) is 26.2 Å². The van der Waals surface area contributed by atoms with Crippen LogP contribution in [-0.2, 0) is 5.41 Å². The van der Waals surface area contributed by atoms with Gasteiger partial charge in [-0.1, -0.05) is 57.2 Å². The van der Waals surface area contributed by atoms with Crippen LogP contribution in [0.2, 0.25) is 0 Å². The van der Waals surface area contributed by atoms with Crippen molar-refractivity contribution < 1.29 is 19.1 Å². The Hall–Kier alpha value is -4.46. The molecule has 35 heavy (non-hydrogen) atoms. The van der Waals surface area contributed by atoms with E-state index in [0.717, 1.165) is 16.5 Å². The van der Waals surface area contributed by atoms with Crippen LogP contribution in [0.3, 0.4) is 0 Å². The fourth-order valence-corrected chi connectivity index (χ4v) is 3.45. The number of rotatable bonds is 6. The van der Waals surface area contributed by atoms with E-state index < -0.39 is 11.9 Å². The van der Waals surface area contributed by atoms with Gasteiger partial charge in [-0.05, 0) is 46.7 Å². The van der Waals surface area contributed by atoms with Crippen molar-refractivity contribution in [2.24, 2.45) is 5.10 Å². The van der Waals surface area contributed by atoms with Gasteiger partial charge in [-0.3, -0.25) is 9.89 Å². The van der Waals surface area contributed by atoms with Crippen molar-refractivity contribution in [3.8, 4) is 11.5 Å². The fraction of sp³-hybridized carbons (Fsp3) is 0.185. The lowest BCUT2D eigenvalue weighted by Gasteiger charge is -2.14. The molecule has 0 aliphatic carbocycles. The SMILES string of the molecule is COc1cc(C=NNC(=O)c2cc(C(C)(C)C)[nH]n2)ccc1OC(=O)c1cccc2ccccc12. The molecule has 0 unspecified atom stereocenters. The zero-order chi connectivity index (χ0) is 25.0. The second-order valence-corrected chi connectivity index (χ2v) is 8.94. The maximum absolute atomic E-state index is 12.9. The largest absolute Gasteiger partial charge is 0.493 e. The summed E-state index contributed by atoms with van der Waals surface area (Å²) in [7, 11) is 1.48. The van der Waals surface area contributed by atoms with Crippen molar-refractivity contribution in [1.29, 1.82) is 0 Å². The molecule has 1 aromatic heterocycles. The van der Waals surface area contributed by atoms with Crippen molar-refractivity contribution in [2.75, 3.05) is 7.11 Å². The first-order valence-electron chi connectivity index (χ1n) is 11.0. The number of ether oxygens (including phenoxy) is 2. The predicted octanol–water partition coefficient (Wildman–Crippen LogP) is 4.85. The third kappa shape index (κ3) is 5.38. The standard InChI is InChI=1S/C27H26N4O4/c1-27(2,3)24-15-21(29-30-24)25(32)31-28-16-17-12-13-22(23(14-17)34-4)35-26(33)20-11-7-9-18-8-5-6-10-19(18)20/h5-16H,1-4H3,(H,29,30)(H,31,32). The highest BCUT2D eigenvalue weighted by atomic mass is 16.6. The number of carbonyl (C=O) groups is 2. The van der Waals surface area contributed by atoms with Gasteiger partial charge >= 0.3 is 5.97 Å². The lowest BCUT2D eigenvalue weighted by molar-refractivity contribution is 0.0731. The molecule has 0 atom stereocenters. The Morgan fingerprint density at radius 2 is 1.77 bits per heavy atom. The summed E-state index contributed by atoms with van der Waals surface area (Å²) in [6.45, 7) is 6.07. The first-order valence-corrected chi connectivity index (χ1v) is 11.0. The minimum atomic E-state index is -0.484. The summed E-state index contributed by atoms with van der Waals surface area (Å²) in [6, 6.07) is 19.8. The van der Waals surface area contributed by atoms with Gasteiger partial charge in [0.2, 0.25) is 0 Å². The predicted molar refractivity (Wildman–Crippen MR) is 134 cm³/mol. The summed E-state index contributed by atoms with van der Waals surface area (Å²) in [5.74, 6) is -0.281. The average Bonchev–Trinajstić information content (AvgIpc) is 3.36. The molecule has 0 bridgehead atoms. The number of esters is 1. The maximum Gasteiger partial charge on any atom is 0.344 e. The first kappa shape index (κ1) is 23.7. The molecule has 4 aromatic rings. The molecule has 4 rings (SSSR count). The molecular formula is C27H26N4O4. The van der Waals surface area contributed by atoms with Crippen molar-refractivity contribution in [1.82, 2.24) is 15.6 Å². The Morgan fingerprint density at radius 3 is 2.51 bits per heavy atom. The van der Waals surface area contributed by atoms with Crippen molar-refractivity contribution in [3.63, 3.8) is 0 Å². The van der Waals surface area contributed by atoms with Gasteiger partial charge in [-0.15, -0.1) is 0 Å². The number of fused-ring (bicyclic) bond motifs is 1. The van der Waals surface area contributed by atoms with E-state index in [9.17, 15) is 9.59 Å². The van der Waals surface area contributed by atoms with E-state index in [-0.39, 0.29) is 16.9 Å². The summed E-state index contributed by atoms with van der Waals surface area (Å²) in [5, 5.41) is 12.7. The Morgan fingerprint density at radius 1 is 1.00 bits per heavy atom. The Kier molecular flexibility index (Phi) is 6.64. The highest BCUT2D eigenvalue weighted by molar-refractivity contribution is 6.05. The number of nitrogens with zero attached hydrogens (tertiary/aromatic N) is 2. The molecular weight excluding hydrogens is 444 g/mol. The molecule has 8 nitrogen and oxygen atoms in total. The summed E-state index contributed by atoms with van der Waals surface area (Å²) >= 11 is 0. The van der Waals surface area contributed by atoms with E-state index in [1.807, 2.05) is 57.2 Å². The van der Waals surface area contributed by atoms with Gasteiger partial charge in [0.1, 0.15) is 0 Å². The number of aromatic nitrogens is 2. The number of nitrogens with one attached hydrogen (secondary N) is 2. The summed E-state index contributed by atoms with van der Waals surface area (Å²) in [4.78, 5) is 25.2. The van der Waals surface area contributed by atoms with Crippen molar-refractivity contribution >= 4 is 28.9 Å². The van der Waals surface area contributed by atoms with Crippen LogP contribution in [0.5, 0.6) is 11.5 Å². The molecule has 3 aromatic carbocycles. The molecule has 0 aliphatic rings. The fourth-order valence-electron chi connectivity index (χ4n) is 3.45. The second-order valence-electron chi connectivity index (χ2n) is 8.94. The van der Waals surface area contributed by atoms with Crippen LogP contribution >= 0.6 is 0 Å². The van der Waals surface area contributed by atoms with Crippen molar-refractivity contribution in [3.05, 3.63) is 89.2 Å². The van der Waals surface area contributed by atoms with Gasteiger partial charge in [0.15, 0.2) is 17.2 Å². The zero-order valence-corrected chi connectivity index (χ0v) is 20.0. The quantitative estimate of drug-likeness (QED) is 0.181. The van der Waals surface area contributed by atoms with Gasteiger partial charge in [0, 0.05) is 11.1 Å². The highest BCUT2D eigenvalue weighted by Gasteiger charge is 2.19. The van der Waals surface area contributed by atoms with Crippen LogP contribution in [0.25, 0.3) is 10.8 Å². The number of benzene rings is 3. The normalized spacial score (nSPS) is 11.5. The monoisotopic (exact) mass is 470 g/mol. The van der Waals surface area contributed by atoms with Crippen LogP contribution in [0.15, 0.2) is 71.8 Å². The molecule has 0 saturated heterocycles. The maximum atomic E-state index is 12.9. The van der Waals surface area contributed by atoms with Crippen LogP contribution in [0.1, 0.15) is 52.9 Å². The van der Waals surface area contributed by atoms with Gasteiger partial charge in [0.05, 0.1) is 18.9 Å². The zero-order valence-electron chi connectivity index (χ0n) is 20.0. The third-order valence-electron chi connectivity index (χ3n) is 5.40. The van der Waals surface area contributed by atoms with Crippen LogP contribution in [0.4, 0.5) is 0 Å². The molecule has 0 spiro atoms. The number of H-pyrrole nitrogens is 1. The summed E-state index contributed by atoms with van der Waals surface area (Å²) in [5.41, 5.74) is 4.52. The summed E-state index contributed by atoms with van der Waals surface area (Å²) < 4.78 is 11.0. The first-order chi connectivity index (χ1) is 16.8. The van der Waals surface area contributed by atoms with E-state index in [1.165, 1.54) is 13.3 Å². The van der Waals surface area contributed by atoms with Gasteiger partial charge < -0.3 is 9.47 Å². The molecule has 0 aliphatic heterocycles. The third-order valence-corrected chi connectivity index (χ3v) is 5.40. The van der Waals surface area contributed by atoms with Gasteiger partial charge in [0.25, 0.3) is 5.91 Å². The van der Waals surface area contributed by atoms with Crippen LogP contribution in [0, 0.1) is 0 Å². The Balaban J connectivity index is 1.45. The number of carbonyl (C=O) groups excluding carboxylic acids is 2. The van der Waals surface area contributed by atoms with Gasteiger partial charge in [-0.2, -0.15) is 10.2 Å². The minimum Gasteiger partial charge on any atom is -0.493 e. The van der Waals surface area contributed by atoms with E-state index in [0.29, 0.717) is 16.9 Å². The lowest BCUT2D eigenvalue weighted by Crippen LogP contribution is -2.18. The number of hydrogen-bond donors (Lipinski definition) is 2. The van der Waals surface area contributed by atoms with E-state index >= 15 is 0 Å². The molecule has 0 fully saturated rings. The minimum absolute atomic E-state index is 0.149. The van der Waals surface area contributed by atoms with Crippen LogP contribution in [-0.4, -0.2) is 35.4 Å². The molecule has 0 radical (unpaired) electrons. The number of hydrogen-bond acceptors (Lipinski definition) is 6. The van der Waals surface area contributed by atoms with Gasteiger partial charge in [-0.25, -0.2) is 10.2 Å². The summed E-state index contributed by atoms with van der Waals surface area (Å²) in [6.07, 6.45) is 1.47. The number of methoxy groups -OCH3 is 1. The topological polar surface area (TPSA) is 106 Å². The van der Waals surface area contributed by atoms with E-state index in [2.05, 4.69) is 20.7 Å². The van der Waals surface area contributed by atoms with E-state index in [1.54, 1.807) is 30.3 Å². The number of hydrazone groups is 1. The molecule has 8 heteroatoms. The molecule has 178 valence electrons. The Labute approximate surface area is 203 Å². The lowest BCUT2D eigenvalue weighted by atomic mass is 9.92. The average molecular weight is 471 g/mol. The van der Waals surface area contributed by atoms with E-state index in [4.69, 9.17) is 9.47 Å². The molecule has 1 heterocycles. The van der Waals surface area contributed by atoms with Crippen LogP contribution < -0.4 is 14.9 Å². The molecule has 1 amide bonds. The second kappa shape index (κ2) is 9.80. The Bertz CT molecular complexity index is 1410. The molecule has 0 saturated carbocycles. The highest BCUT2D eigenvalue weighted by Crippen LogP contribution is 2.29. The number of aromatic amines is 1. The number of amides is 1. The smallest absolute Gasteiger partial charge is 0.344 e. The molecule has 2 N–H and O–H groups in total.